The van der Waals surface area contributed by atoms with Gasteiger partial charge in [-0.15, -0.1) is 0 Å². The summed E-state index contributed by atoms with van der Waals surface area (Å²) in [6.45, 7) is 0.658. The fraction of sp³-hybridized carbons (Fsp3) is 0.500. The first-order valence-corrected chi connectivity index (χ1v) is 5.28. The maximum absolute atomic E-state index is 5.79. The van der Waals surface area contributed by atoms with Crippen molar-refractivity contribution in [2.24, 2.45) is 5.73 Å². The highest BCUT2D eigenvalue weighted by Gasteiger charge is 2.23. The number of nitrogens with two attached hydrogens (primary N) is 1. The summed E-state index contributed by atoms with van der Waals surface area (Å²) in [7, 11) is 0. The summed E-state index contributed by atoms with van der Waals surface area (Å²) in [5, 5.41) is 0. The molecule has 2 heteroatoms. The summed E-state index contributed by atoms with van der Waals surface area (Å²) in [4.78, 5) is 0. The van der Waals surface area contributed by atoms with Crippen LogP contribution in [0.15, 0.2) is 30.3 Å². The summed E-state index contributed by atoms with van der Waals surface area (Å²) >= 11 is 0. The average molecular weight is 191 g/mol. The first-order chi connectivity index (χ1) is 6.88. The van der Waals surface area contributed by atoms with Gasteiger partial charge in [0.15, 0.2) is 0 Å². The standard InChI is InChI=1S/C12H17NO/c13-9-12-7-6-11(14-12)8-10-4-2-1-3-5-10/h1-5,11-12H,6-9,13H2/t11-,12-/m1/s1. The SMILES string of the molecule is NC[C@H]1CC[C@H](Cc2ccccc2)O1. The summed E-state index contributed by atoms with van der Waals surface area (Å²) < 4.78 is 5.79. The molecule has 2 nitrogen and oxygen atoms in total. The minimum atomic E-state index is 0.295. The van der Waals surface area contributed by atoms with E-state index in [1.54, 1.807) is 0 Å². The van der Waals surface area contributed by atoms with Crippen molar-refractivity contribution >= 4 is 0 Å². The maximum Gasteiger partial charge on any atom is 0.0702 e. The number of hydrogen-bond acceptors (Lipinski definition) is 2. The lowest BCUT2D eigenvalue weighted by Gasteiger charge is -2.11. The molecule has 1 aliphatic heterocycles. The molecule has 0 aromatic heterocycles. The Balaban J connectivity index is 1.88. The summed E-state index contributed by atoms with van der Waals surface area (Å²) in [5.74, 6) is 0. The molecule has 1 aromatic carbocycles. The Kier molecular flexibility index (Phi) is 3.17. The molecule has 2 rings (SSSR count). The van der Waals surface area contributed by atoms with Crippen LogP contribution in [0.2, 0.25) is 0 Å². The van der Waals surface area contributed by atoms with Gasteiger partial charge in [0.25, 0.3) is 0 Å². The molecule has 0 bridgehead atoms. The molecule has 0 amide bonds. The van der Waals surface area contributed by atoms with E-state index in [2.05, 4.69) is 24.3 Å². The molecule has 0 saturated carbocycles. The van der Waals surface area contributed by atoms with Crippen LogP contribution in [0.5, 0.6) is 0 Å². The third-order valence-corrected chi connectivity index (χ3v) is 2.76. The largest absolute Gasteiger partial charge is 0.373 e. The minimum absolute atomic E-state index is 0.295. The van der Waals surface area contributed by atoms with Gasteiger partial charge in [-0.05, 0) is 24.8 Å². The van der Waals surface area contributed by atoms with Crippen LogP contribution in [0.1, 0.15) is 18.4 Å². The van der Waals surface area contributed by atoms with Gasteiger partial charge in [-0.1, -0.05) is 30.3 Å². The quantitative estimate of drug-likeness (QED) is 0.789. The van der Waals surface area contributed by atoms with E-state index >= 15 is 0 Å². The van der Waals surface area contributed by atoms with Crippen LogP contribution < -0.4 is 5.73 Å². The van der Waals surface area contributed by atoms with Gasteiger partial charge in [-0.3, -0.25) is 0 Å². The van der Waals surface area contributed by atoms with Crippen LogP contribution >= 0.6 is 0 Å². The molecule has 1 saturated heterocycles. The Morgan fingerprint density at radius 1 is 1.14 bits per heavy atom. The number of hydrogen-bond donors (Lipinski definition) is 1. The Hall–Kier alpha value is -0.860. The van der Waals surface area contributed by atoms with Gasteiger partial charge in [0.2, 0.25) is 0 Å². The molecule has 76 valence electrons. The van der Waals surface area contributed by atoms with Crippen molar-refractivity contribution in [2.75, 3.05) is 6.54 Å². The van der Waals surface area contributed by atoms with Gasteiger partial charge in [0.05, 0.1) is 12.2 Å². The summed E-state index contributed by atoms with van der Waals surface area (Å²) in [6, 6.07) is 10.5. The molecule has 1 fully saturated rings. The van der Waals surface area contributed by atoms with Crippen LogP contribution in [0.4, 0.5) is 0 Å². The molecular formula is C12H17NO. The van der Waals surface area contributed by atoms with Crippen LogP contribution in [-0.4, -0.2) is 18.8 Å². The second-order valence-corrected chi connectivity index (χ2v) is 3.88. The minimum Gasteiger partial charge on any atom is -0.373 e. The zero-order chi connectivity index (χ0) is 9.80. The lowest BCUT2D eigenvalue weighted by molar-refractivity contribution is 0.0507. The van der Waals surface area contributed by atoms with Crippen molar-refractivity contribution in [1.82, 2.24) is 0 Å². The third-order valence-electron chi connectivity index (χ3n) is 2.76. The highest BCUT2D eigenvalue weighted by molar-refractivity contribution is 5.15. The molecule has 0 radical (unpaired) electrons. The highest BCUT2D eigenvalue weighted by Crippen LogP contribution is 2.21. The van der Waals surface area contributed by atoms with Crippen molar-refractivity contribution < 1.29 is 4.74 Å². The average Bonchev–Trinajstić information content (AvgIpc) is 2.67. The predicted octanol–water partition coefficient (Wildman–Crippen LogP) is 1.74. The van der Waals surface area contributed by atoms with Crippen molar-refractivity contribution in [1.29, 1.82) is 0 Å². The molecular weight excluding hydrogens is 174 g/mol. The molecule has 14 heavy (non-hydrogen) atoms. The van der Waals surface area contributed by atoms with Crippen LogP contribution in [-0.2, 0) is 11.2 Å². The van der Waals surface area contributed by atoms with Crippen LogP contribution in [0, 0.1) is 0 Å². The van der Waals surface area contributed by atoms with E-state index in [0.29, 0.717) is 18.8 Å². The van der Waals surface area contributed by atoms with Crippen molar-refractivity contribution in [2.45, 2.75) is 31.5 Å². The van der Waals surface area contributed by atoms with Gasteiger partial charge in [0, 0.05) is 6.54 Å². The maximum atomic E-state index is 5.79. The monoisotopic (exact) mass is 191 g/mol. The van der Waals surface area contributed by atoms with Gasteiger partial charge in [-0.25, -0.2) is 0 Å². The number of rotatable bonds is 3. The summed E-state index contributed by atoms with van der Waals surface area (Å²) in [6.07, 6.45) is 3.97. The number of benzene rings is 1. The second-order valence-electron chi connectivity index (χ2n) is 3.88. The van der Waals surface area contributed by atoms with Gasteiger partial charge in [-0.2, -0.15) is 0 Å². The lowest BCUT2D eigenvalue weighted by Crippen LogP contribution is -2.21. The first kappa shape index (κ1) is 9.69. The predicted molar refractivity (Wildman–Crippen MR) is 57.1 cm³/mol. The molecule has 2 N–H and O–H groups in total. The van der Waals surface area contributed by atoms with E-state index in [9.17, 15) is 0 Å². The van der Waals surface area contributed by atoms with Gasteiger partial charge >= 0.3 is 0 Å². The number of ether oxygens (including phenoxy) is 1. The molecule has 0 spiro atoms. The van der Waals surface area contributed by atoms with Crippen molar-refractivity contribution in [3.63, 3.8) is 0 Å². The fourth-order valence-electron chi connectivity index (χ4n) is 1.98. The van der Waals surface area contributed by atoms with E-state index < -0.39 is 0 Å². The lowest BCUT2D eigenvalue weighted by atomic mass is 10.1. The van der Waals surface area contributed by atoms with Crippen LogP contribution in [0.3, 0.4) is 0 Å². The third kappa shape index (κ3) is 2.34. The topological polar surface area (TPSA) is 35.2 Å². The molecule has 0 unspecified atom stereocenters. The molecule has 1 aromatic rings. The molecule has 1 heterocycles. The van der Waals surface area contributed by atoms with Gasteiger partial charge < -0.3 is 10.5 Å². The Labute approximate surface area is 85.1 Å². The Morgan fingerprint density at radius 3 is 2.50 bits per heavy atom. The van der Waals surface area contributed by atoms with Gasteiger partial charge in [0.1, 0.15) is 0 Å². The van der Waals surface area contributed by atoms with E-state index in [1.807, 2.05) is 6.07 Å². The zero-order valence-electron chi connectivity index (χ0n) is 8.36. The Morgan fingerprint density at radius 2 is 1.86 bits per heavy atom. The molecule has 2 atom stereocenters. The van der Waals surface area contributed by atoms with Crippen molar-refractivity contribution in [3.05, 3.63) is 35.9 Å². The van der Waals surface area contributed by atoms with E-state index in [1.165, 1.54) is 5.56 Å². The Bertz CT molecular complexity index is 273. The summed E-state index contributed by atoms with van der Waals surface area (Å²) in [5.41, 5.74) is 6.92. The van der Waals surface area contributed by atoms with Crippen molar-refractivity contribution in [3.8, 4) is 0 Å². The fourth-order valence-corrected chi connectivity index (χ4v) is 1.98. The normalized spacial score (nSPS) is 26.6. The molecule has 1 aliphatic rings. The smallest absolute Gasteiger partial charge is 0.0702 e. The highest BCUT2D eigenvalue weighted by atomic mass is 16.5. The van der Waals surface area contributed by atoms with E-state index in [4.69, 9.17) is 10.5 Å². The van der Waals surface area contributed by atoms with E-state index in [0.717, 1.165) is 19.3 Å². The molecule has 0 aliphatic carbocycles. The zero-order valence-corrected chi connectivity index (χ0v) is 8.36. The first-order valence-electron chi connectivity index (χ1n) is 5.28. The van der Waals surface area contributed by atoms with Crippen LogP contribution in [0.25, 0.3) is 0 Å². The second kappa shape index (κ2) is 4.58. The van der Waals surface area contributed by atoms with E-state index in [-0.39, 0.29) is 0 Å².